The van der Waals surface area contributed by atoms with Crippen LogP contribution < -0.4 is 0 Å². The molecule has 8 rings (SSSR count). The molecular weight excluding hydrogens is 466 g/mol. The highest BCUT2D eigenvalue weighted by Crippen LogP contribution is 2.42. The first-order chi connectivity index (χ1) is 18.9. The van der Waals surface area contributed by atoms with Gasteiger partial charge in [-0.15, -0.1) is 0 Å². The molecule has 4 heteroatoms. The fourth-order valence-corrected chi connectivity index (χ4v) is 5.70. The van der Waals surface area contributed by atoms with Gasteiger partial charge in [-0.2, -0.15) is 0 Å². The fraction of sp³-hybridized carbons (Fsp3) is 0. The van der Waals surface area contributed by atoms with Gasteiger partial charge in [-0.05, 0) is 29.8 Å². The Balaban J connectivity index is 1.56. The summed E-state index contributed by atoms with van der Waals surface area (Å²) in [6.45, 7) is 0. The SMILES string of the molecule is c1ccc(-c2cccc(-c3ncnc4c3oc3ccccc34)c2-n2c3ccccc3c3ccccc32)cc1. The highest BCUT2D eigenvalue weighted by atomic mass is 16.3. The molecule has 0 aliphatic rings. The molecule has 38 heavy (non-hydrogen) atoms. The predicted molar refractivity (Wildman–Crippen MR) is 155 cm³/mol. The zero-order valence-electron chi connectivity index (χ0n) is 20.4. The van der Waals surface area contributed by atoms with Crippen LogP contribution in [0.5, 0.6) is 0 Å². The van der Waals surface area contributed by atoms with Crippen LogP contribution >= 0.6 is 0 Å². The Morgan fingerprint density at radius 3 is 1.92 bits per heavy atom. The van der Waals surface area contributed by atoms with Crippen molar-refractivity contribution in [3.8, 4) is 28.1 Å². The molecular formula is C34H21N3O. The van der Waals surface area contributed by atoms with Gasteiger partial charge in [0.2, 0.25) is 0 Å². The summed E-state index contributed by atoms with van der Waals surface area (Å²) in [6, 6.07) is 42.2. The summed E-state index contributed by atoms with van der Waals surface area (Å²) in [4.78, 5) is 9.44. The summed E-state index contributed by atoms with van der Waals surface area (Å²) in [7, 11) is 0. The molecule has 0 spiro atoms. The van der Waals surface area contributed by atoms with E-state index in [1.54, 1.807) is 6.33 Å². The van der Waals surface area contributed by atoms with E-state index in [4.69, 9.17) is 9.40 Å². The molecule has 0 bridgehead atoms. The third-order valence-corrected chi connectivity index (χ3v) is 7.34. The Morgan fingerprint density at radius 1 is 0.526 bits per heavy atom. The molecule has 0 aliphatic heterocycles. The van der Waals surface area contributed by atoms with E-state index in [1.807, 2.05) is 24.3 Å². The number of hydrogen-bond acceptors (Lipinski definition) is 3. The van der Waals surface area contributed by atoms with Crippen molar-refractivity contribution in [2.75, 3.05) is 0 Å². The zero-order chi connectivity index (χ0) is 25.1. The minimum absolute atomic E-state index is 0.695. The topological polar surface area (TPSA) is 43.9 Å². The van der Waals surface area contributed by atoms with Crippen molar-refractivity contribution in [2.45, 2.75) is 0 Å². The molecule has 3 aromatic heterocycles. The number of benzene rings is 5. The van der Waals surface area contributed by atoms with Crippen molar-refractivity contribution < 1.29 is 4.42 Å². The predicted octanol–water partition coefficient (Wildman–Crippen LogP) is 8.81. The summed E-state index contributed by atoms with van der Waals surface area (Å²) in [5, 5.41) is 3.42. The second-order valence-electron chi connectivity index (χ2n) is 9.44. The lowest BCUT2D eigenvalue weighted by Crippen LogP contribution is -2.01. The number of para-hydroxylation sites is 4. The van der Waals surface area contributed by atoms with Gasteiger partial charge in [0.15, 0.2) is 5.58 Å². The summed E-state index contributed by atoms with van der Waals surface area (Å²) < 4.78 is 8.77. The Labute approximate surface area is 218 Å². The maximum Gasteiger partial charge on any atom is 0.180 e. The number of fused-ring (bicyclic) bond motifs is 6. The van der Waals surface area contributed by atoms with Crippen molar-refractivity contribution >= 4 is 43.9 Å². The molecule has 178 valence electrons. The van der Waals surface area contributed by atoms with E-state index in [0.717, 1.165) is 55.6 Å². The van der Waals surface area contributed by atoms with Crippen LogP contribution in [0.15, 0.2) is 132 Å². The second kappa shape index (κ2) is 8.15. The third-order valence-electron chi connectivity index (χ3n) is 7.34. The minimum Gasteiger partial charge on any atom is -0.452 e. The van der Waals surface area contributed by atoms with Crippen molar-refractivity contribution in [1.29, 1.82) is 0 Å². The smallest absolute Gasteiger partial charge is 0.180 e. The fourth-order valence-electron chi connectivity index (χ4n) is 5.70. The molecule has 8 aromatic rings. The van der Waals surface area contributed by atoms with Gasteiger partial charge in [-0.1, -0.05) is 97.1 Å². The molecule has 5 aromatic carbocycles. The first-order valence-electron chi connectivity index (χ1n) is 12.7. The number of hydrogen-bond donors (Lipinski definition) is 0. The normalized spacial score (nSPS) is 11.7. The summed E-state index contributed by atoms with van der Waals surface area (Å²) in [6.07, 6.45) is 1.64. The van der Waals surface area contributed by atoms with Crippen LogP contribution in [0.1, 0.15) is 0 Å². The van der Waals surface area contributed by atoms with Gasteiger partial charge in [0, 0.05) is 27.3 Å². The summed E-state index contributed by atoms with van der Waals surface area (Å²) in [5.74, 6) is 0. The molecule has 0 radical (unpaired) electrons. The quantitative estimate of drug-likeness (QED) is 0.250. The van der Waals surface area contributed by atoms with Crippen LogP contribution in [0.25, 0.3) is 71.9 Å². The van der Waals surface area contributed by atoms with Crippen LogP contribution in [0, 0.1) is 0 Å². The van der Waals surface area contributed by atoms with Crippen LogP contribution in [-0.2, 0) is 0 Å². The Morgan fingerprint density at radius 2 is 1.16 bits per heavy atom. The van der Waals surface area contributed by atoms with E-state index < -0.39 is 0 Å². The lowest BCUT2D eigenvalue weighted by Gasteiger charge is -2.18. The van der Waals surface area contributed by atoms with Crippen molar-refractivity contribution in [3.05, 3.63) is 128 Å². The molecule has 0 atom stereocenters. The number of aromatic nitrogens is 3. The highest BCUT2D eigenvalue weighted by molar-refractivity contribution is 6.12. The van der Waals surface area contributed by atoms with Crippen LogP contribution in [0.4, 0.5) is 0 Å². The average molecular weight is 488 g/mol. The maximum absolute atomic E-state index is 6.40. The first-order valence-corrected chi connectivity index (χ1v) is 12.7. The molecule has 3 heterocycles. The van der Waals surface area contributed by atoms with Gasteiger partial charge < -0.3 is 8.98 Å². The molecule has 0 aliphatic carbocycles. The number of furan rings is 1. The molecule has 0 saturated heterocycles. The number of rotatable bonds is 3. The second-order valence-corrected chi connectivity index (χ2v) is 9.44. The van der Waals surface area contributed by atoms with E-state index in [-0.39, 0.29) is 0 Å². The maximum atomic E-state index is 6.40. The van der Waals surface area contributed by atoms with E-state index >= 15 is 0 Å². The van der Waals surface area contributed by atoms with Crippen molar-refractivity contribution in [2.24, 2.45) is 0 Å². The lowest BCUT2D eigenvalue weighted by atomic mass is 9.97. The highest BCUT2D eigenvalue weighted by Gasteiger charge is 2.23. The zero-order valence-corrected chi connectivity index (χ0v) is 20.4. The largest absolute Gasteiger partial charge is 0.452 e. The molecule has 0 amide bonds. The molecule has 4 nitrogen and oxygen atoms in total. The van der Waals surface area contributed by atoms with Gasteiger partial charge in [0.1, 0.15) is 23.1 Å². The Hall–Kier alpha value is -5.22. The van der Waals surface area contributed by atoms with Crippen LogP contribution in [0.3, 0.4) is 0 Å². The minimum atomic E-state index is 0.695. The Bertz CT molecular complexity index is 2080. The van der Waals surface area contributed by atoms with Crippen LogP contribution in [0.2, 0.25) is 0 Å². The van der Waals surface area contributed by atoms with Gasteiger partial charge in [-0.3, -0.25) is 0 Å². The third kappa shape index (κ3) is 2.98. The van der Waals surface area contributed by atoms with E-state index in [0.29, 0.717) is 5.58 Å². The summed E-state index contributed by atoms with van der Waals surface area (Å²) in [5.41, 5.74) is 9.72. The van der Waals surface area contributed by atoms with Crippen molar-refractivity contribution in [3.63, 3.8) is 0 Å². The lowest BCUT2D eigenvalue weighted by molar-refractivity contribution is 0.667. The molecule has 0 saturated carbocycles. The Kier molecular flexibility index (Phi) is 4.49. The van der Waals surface area contributed by atoms with Crippen molar-refractivity contribution in [1.82, 2.24) is 14.5 Å². The monoisotopic (exact) mass is 487 g/mol. The van der Waals surface area contributed by atoms with Crippen LogP contribution in [-0.4, -0.2) is 14.5 Å². The number of nitrogens with zero attached hydrogens (tertiary/aromatic N) is 3. The van der Waals surface area contributed by atoms with Gasteiger partial charge in [0.25, 0.3) is 0 Å². The first kappa shape index (κ1) is 20.9. The van der Waals surface area contributed by atoms with Gasteiger partial charge in [-0.25, -0.2) is 9.97 Å². The summed E-state index contributed by atoms with van der Waals surface area (Å²) >= 11 is 0. The van der Waals surface area contributed by atoms with E-state index in [1.165, 1.54) is 10.8 Å². The molecule has 0 N–H and O–H groups in total. The molecule has 0 unspecified atom stereocenters. The van der Waals surface area contributed by atoms with E-state index in [2.05, 4.69) is 107 Å². The standard InChI is InChI=1S/C34H21N3O/c1-2-11-22(12-3-1)23-16-10-17-27(32-34-31(35-21-36-32)26-15-6-9-20-30(26)38-34)33(23)37-28-18-7-4-13-24(28)25-14-5-8-19-29(25)37/h1-21H. The molecule has 0 fully saturated rings. The van der Waals surface area contributed by atoms with Gasteiger partial charge in [0.05, 0.1) is 16.7 Å². The van der Waals surface area contributed by atoms with Gasteiger partial charge >= 0.3 is 0 Å². The average Bonchev–Trinajstić information content (AvgIpc) is 3.53. The van der Waals surface area contributed by atoms with E-state index in [9.17, 15) is 0 Å².